The summed E-state index contributed by atoms with van der Waals surface area (Å²) in [7, 11) is 0. The number of tetrazole rings is 1. The van der Waals surface area contributed by atoms with Crippen molar-refractivity contribution in [1.29, 1.82) is 0 Å². The maximum atomic E-state index is 11.9. The molecule has 2 heterocycles. The zero-order valence-electron chi connectivity index (χ0n) is 16.7. The van der Waals surface area contributed by atoms with Crippen molar-refractivity contribution in [1.82, 2.24) is 20.6 Å². The number of aromatic amines is 1. The van der Waals surface area contributed by atoms with Crippen molar-refractivity contribution in [2.75, 3.05) is 6.54 Å². The van der Waals surface area contributed by atoms with Crippen LogP contribution in [0.2, 0.25) is 0 Å². The first-order chi connectivity index (χ1) is 16.0. The van der Waals surface area contributed by atoms with Crippen molar-refractivity contribution in [2.45, 2.75) is 0 Å². The van der Waals surface area contributed by atoms with Crippen LogP contribution in [0, 0.1) is 10.1 Å². The molecule has 12 nitrogen and oxygen atoms in total. The zero-order chi connectivity index (χ0) is 22.9. The van der Waals surface area contributed by atoms with Gasteiger partial charge in [-0.25, -0.2) is 0 Å². The molecule has 0 fully saturated rings. The number of hydrogen-bond acceptors (Lipinski definition) is 10. The summed E-state index contributed by atoms with van der Waals surface area (Å²) in [6.07, 6.45) is 0. The van der Waals surface area contributed by atoms with Crippen molar-refractivity contribution >= 4 is 11.4 Å². The van der Waals surface area contributed by atoms with E-state index < -0.39 is 22.1 Å². The van der Waals surface area contributed by atoms with Gasteiger partial charge in [-0.1, -0.05) is 48.5 Å². The molecule has 3 aromatic carbocycles. The fourth-order valence-corrected chi connectivity index (χ4v) is 3.62. The number of nitro benzene ring substituents is 1. The average molecular weight is 442 g/mol. The summed E-state index contributed by atoms with van der Waals surface area (Å²) >= 11 is 0. The highest BCUT2D eigenvalue weighted by atomic mass is 16.6. The number of benzene rings is 3. The second kappa shape index (κ2) is 7.92. The number of aromatic hydroxyl groups is 2. The van der Waals surface area contributed by atoms with E-state index in [1.807, 2.05) is 0 Å². The van der Waals surface area contributed by atoms with Gasteiger partial charge in [0, 0.05) is 11.1 Å². The van der Waals surface area contributed by atoms with E-state index in [-0.39, 0.29) is 5.56 Å². The lowest BCUT2D eigenvalue weighted by atomic mass is 9.91. The highest BCUT2D eigenvalue weighted by Gasteiger charge is 2.28. The predicted octanol–water partition coefficient (Wildman–Crippen LogP) is 3.69. The number of aromatic nitrogens is 4. The van der Waals surface area contributed by atoms with E-state index in [9.17, 15) is 20.3 Å². The third-order valence-corrected chi connectivity index (χ3v) is 5.19. The van der Waals surface area contributed by atoms with E-state index in [1.165, 1.54) is 6.07 Å². The summed E-state index contributed by atoms with van der Waals surface area (Å²) < 4.78 is 0. The third kappa shape index (κ3) is 3.54. The number of nitro groups is 1. The maximum Gasteiger partial charge on any atom is 0.323 e. The van der Waals surface area contributed by atoms with Gasteiger partial charge in [-0.3, -0.25) is 10.1 Å². The molecule has 33 heavy (non-hydrogen) atoms. The Balaban J connectivity index is 1.66. The van der Waals surface area contributed by atoms with E-state index in [1.54, 1.807) is 48.5 Å². The largest absolute Gasteiger partial charge is 0.504 e. The molecule has 3 N–H and O–H groups in total. The zero-order valence-corrected chi connectivity index (χ0v) is 16.7. The van der Waals surface area contributed by atoms with Gasteiger partial charge in [0.1, 0.15) is 6.54 Å². The van der Waals surface area contributed by atoms with Crippen molar-refractivity contribution in [3.8, 4) is 45.1 Å². The highest BCUT2D eigenvalue weighted by molar-refractivity contribution is 6.03. The van der Waals surface area contributed by atoms with Gasteiger partial charge in [-0.05, 0) is 33.2 Å². The Morgan fingerprint density at radius 2 is 1.61 bits per heavy atom. The number of hydrogen-bond donors (Lipinski definition) is 3. The first kappa shape index (κ1) is 19.9. The minimum absolute atomic E-state index is 0.158. The molecule has 0 aliphatic carbocycles. The van der Waals surface area contributed by atoms with Crippen LogP contribution < -0.4 is 0 Å². The molecule has 4 aromatic rings. The molecule has 1 aliphatic heterocycles. The van der Waals surface area contributed by atoms with E-state index >= 15 is 0 Å². The van der Waals surface area contributed by atoms with E-state index in [2.05, 4.69) is 36.1 Å². The van der Waals surface area contributed by atoms with Crippen molar-refractivity contribution in [2.24, 2.45) is 15.4 Å². The summed E-state index contributed by atoms with van der Waals surface area (Å²) in [5.41, 5.74) is 3.16. The predicted molar refractivity (Wildman–Crippen MR) is 117 cm³/mol. The van der Waals surface area contributed by atoms with Crippen LogP contribution in [0.25, 0.3) is 33.6 Å². The topological polar surface area (TPSA) is 175 Å². The normalized spacial score (nSPS) is 12.7. The van der Waals surface area contributed by atoms with Gasteiger partial charge in [0.2, 0.25) is 11.6 Å². The van der Waals surface area contributed by atoms with Crippen LogP contribution in [0.4, 0.5) is 5.69 Å². The number of rotatable bonds is 5. The Hall–Kier alpha value is -5.00. The maximum absolute atomic E-state index is 11.9. The molecule has 0 radical (unpaired) electrons. The Kier molecular flexibility index (Phi) is 4.79. The van der Waals surface area contributed by atoms with Crippen LogP contribution in [0.15, 0.2) is 70.0 Å². The van der Waals surface area contributed by atoms with Gasteiger partial charge in [-0.2, -0.15) is 10.3 Å². The fourth-order valence-electron chi connectivity index (χ4n) is 3.62. The molecule has 1 aromatic heterocycles. The number of H-pyrrole nitrogens is 1. The monoisotopic (exact) mass is 442 g/mol. The molecule has 0 atom stereocenters. The van der Waals surface area contributed by atoms with Crippen LogP contribution in [0.5, 0.6) is 11.5 Å². The number of nitrogens with zero attached hydrogens (tertiary/aromatic N) is 7. The van der Waals surface area contributed by atoms with E-state index in [4.69, 9.17) is 0 Å². The molecule has 162 valence electrons. The lowest BCUT2D eigenvalue weighted by molar-refractivity contribution is -0.385. The van der Waals surface area contributed by atoms with E-state index in [0.29, 0.717) is 40.3 Å². The summed E-state index contributed by atoms with van der Waals surface area (Å²) in [5, 5.41) is 57.6. The number of nitrogens with one attached hydrogen (secondary N) is 1. The number of phenols is 2. The van der Waals surface area contributed by atoms with Crippen LogP contribution in [-0.2, 0) is 0 Å². The molecule has 1 aliphatic rings. The summed E-state index contributed by atoms with van der Waals surface area (Å²) in [5.74, 6) is -1.03. The van der Waals surface area contributed by atoms with Gasteiger partial charge < -0.3 is 10.2 Å². The first-order valence-corrected chi connectivity index (χ1v) is 9.64. The highest BCUT2D eigenvalue weighted by Crippen LogP contribution is 2.48. The van der Waals surface area contributed by atoms with Gasteiger partial charge in [0.15, 0.2) is 5.75 Å². The Labute approximate surface area is 185 Å². The molecule has 0 bridgehead atoms. The summed E-state index contributed by atoms with van der Waals surface area (Å²) in [4.78, 5) is 11.2. The van der Waals surface area contributed by atoms with Crippen molar-refractivity contribution in [3.05, 3.63) is 70.3 Å². The summed E-state index contributed by atoms with van der Waals surface area (Å²) in [6, 6.07) is 15.1. The lowest BCUT2D eigenvalue weighted by Gasteiger charge is -2.14. The van der Waals surface area contributed by atoms with Gasteiger partial charge >= 0.3 is 5.69 Å². The standard InChI is InChI=1S/C21H14N8O4/c30-17-9-15(11-1-3-12(4-2-11)16-10-22-26-23-16)18(19(20(17)31)29(32)33)13-5-7-14(8-6-13)21-24-27-28-25-21/h1-9,30-31H,10H2,(H,24,25,27,28). The third-order valence-electron chi connectivity index (χ3n) is 5.19. The van der Waals surface area contributed by atoms with E-state index in [0.717, 1.165) is 5.56 Å². The minimum atomic E-state index is -0.804. The molecule has 0 spiro atoms. The molecule has 0 amide bonds. The first-order valence-electron chi connectivity index (χ1n) is 9.64. The van der Waals surface area contributed by atoms with Crippen LogP contribution >= 0.6 is 0 Å². The second-order valence-electron chi connectivity index (χ2n) is 7.10. The van der Waals surface area contributed by atoms with Gasteiger partial charge in [0.25, 0.3) is 0 Å². The molecule has 0 unspecified atom stereocenters. The minimum Gasteiger partial charge on any atom is -0.504 e. The summed E-state index contributed by atoms with van der Waals surface area (Å²) in [6.45, 7) is 0.378. The Morgan fingerprint density at radius 1 is 0.939 bits per heavy atom. The molecule has 0 saturated carbocycles. The van der Waals surface area contributed by atoms with Crippen molar-refractivity contribution < 1.29 is 15.1 Å². The van der Waals surface area contributed by atoms with Crippen molar-refractivity contribution in [3.63, 3.8) is 0 Å². The molecular formula is C21H14N8O4. The van der Waals surface area contributed by atoms with Gasteiger partial charge in [-0.15, -0.1) is 15.3 Å². The Morgan fingerprint density at radius 3 is 2.21 bits per heavy atom. The van der Waals surface area contributed by atoms with Crippen LogP contribution in [-0.4, -0.2) is 48.0 Å². The average Bonchev–Trinajstić information content (AvgIpc) is 3.55. The smallest absolute Gasteiger partial charge is 0.323 e. The molecule has 0 saturated heterocycles. The lowest BCUT2D eigenvalue weighted by Crippen LogP contribution is -2.01. The number of phenolic OH excluding ortho intramolecular Hbond substituents is 2. The quantitative estimate of drug-likeness (QED) is 0.240. The molecule has 12 heteroatoms. The molecular weight excluding hydrogens is 428 g/mol. The van der Waals surface area contributed by atoms with Crippen LogP contribution in [0.1, 0.15) is 5.56 Å². The second-order valence-corrected chi connectivity index (χ2v) is 7.10. The Bertz CT molecular complexity index is 1410. The van der Waals surface area contributed by atoms with Crippen LogP contribution in [0.3, 0.4) is 0 Å². The fraction of sp³-hybridized carbons (Fsp3) is 0.0476. The van der Waals surface area contributed by atoms with Gasteiger partial charge in [0.05, 0.1) is 16.2 Å². The SMILES string of the molecule is O=[N+]([O-])c1c(O)c(O)cc(-c2ccc(C3=NN=NC3)cc2)c1-c1ccc(-c2nn[nH]n2)cc1. The molecule has 5 rings (SSSR count).